The van der Waals surface area contributed by atoms with Crippen molar-refractivity contribution in [2.75, 3.05) is 26.8 Å². The molecule has 20 heavy (non-hydrogen) atoms. The van der Waals surface area contributed by atoms with E-state index in [-0.39, 0.29) is 11.9 Å². The summed E-state index contributed by atoms with van der Waals surface area (Å²) in [7, 11) is 1.58. The van der Waals surface area contributed by atoms with Gasteiger partial charge >= 0.3 is 0 Å². The summed E-state index contributed by atoms with van der Waals surface area (Å²) in [6, 6.07) is 5.52. The van der Waals surface area contributed by atoms with E-state index in [2.05, 4.69) is 10.6 Å². The smallest absolute Gasteiger partial charge is 0.251 e. The molecule has 0 radical (unpaired) electrons. The summed E-state index contributed by atoms with van der Waals surface area (Å²) < 4.78 is 10.7. The number of methoxy groups -OCH3 is 1. The number of piperidine rings is 1. The van der Waals surface area contributed by atoms with E-state index in [1.165, 1.54) is 0 Å². The van der Waals surface area contributed by atoms with Crippen molar-refractivity contribution in [2.45, 2.75) is 25.8 Å². The number of hydrogen-bond donors (Lipinski definition) is 2. The molecule has 0 bridgehead atoms. The van der Waals surface area contributed by atoms with Gasteiger partial charge in [-0.3, -0.25) is 4.79 Å². The van der Waals surface area contributed by atoms with Crippen molar-refractivity contribution in [3.8, 4) is 11.5 Å². The van der Waals surface area contributed by atoms with E-state index in [9.17, 15) is 4.79 Å². The first-order valence-electron chi connectivity index (χ1n) is 7.07. The third-order valence-electron chi connectivity index (χ3n) is 3.40. The minimum absolute atomic E-state index is 0.0572. The molecular weight excluding hydrogens is 256 g/mol. The highest BCUT2D eigenvalue weighted by Gasteiger charge is 2.17. The molecule has 1 aliphatic heterocycles. The number of carbonyl (C=O) groups is 1. The molecule has 0 atom stereocenters. The zero-order valence-electron chi connectivity index (χ0n) is 12.1. The van der Waals surface area contributed by atoms with Gasteiger partial charge in [-0.1, -0.05) is 0 Å². The van der Waals surface area contributed by atoms with Crippen LogP contribution in [0.1, 0.15) is 30.1 Å². The van der Waals surface area contributed by atoms with Gasteiger partial charge in [0.25, 0.3) is 5.91 Å². The van der Waals surface area contributed by atoms with Gasteiger partial charge in [-0.15, -0.1) is 0 Å². The fraction of sp³-hybridized carbons (Fsp3) is 0.533. The Morgan fingerprint density at radius 1 is 1.35 bits per heavy atom. The molecule has 1 saturated heterocycles. The molecular formula is C15H22N2O3. The highest BCUT2D eigenvalue weighted by atomic mass is 16.5. The van der Waals surface area contributed by atoms with Crippen molar-refractivity contribution in [1.29, 1.82) is 0 Å². The first kappa shape index (κ1) is 14.7. The molecule has 0 aliphatic carbocycles. The van der Waals surface area contributed by atoms with Crippen LogP contribution in [0.3, 0.4) is 0 Å². The Balaban J connectivity index is 2.05. The van der Waals surface area contributed by atoms with Crippen molar-refractivity contribution in [3.63, 3.8) is 0 Å². The third-order valence-corrected chi connectivity index (χ3v) is 3.40. The molecule has 2 N–H and O–H groups in total. The van der Waals surface area contributed by atoms with Crippen molar-refractivity contribution < 1.29 is 14.3 Å². The van der Waals surface area contributed by atoms with Crippen LogP contribution in [0.5, 0.6) is 11.5 Å². The molecule has 1 amide bonds. The molecule has 1 heterocycles. The van der Waals surface area contributed by atoms with Gasteiger partial charge in [-0.2, -0.15) is 0 Å². The van der Waals surface area contributed by atoms with Crippen LogP contribution < -0.4 is 20.1 Å². The average molecular weight is 278 g/mol. The largest absolute Gasteiger partial charge is 0.493 e. The van der Waals surface area contributed by atoms with Crippen LogP contribution in [-0.2, 0) is 0 Å². The summed E-state index contributed by atoms with van der Waals surface area (Å²) in [5.74, 6) is 1.19. The molecule has 0 saturated carbocycles. The van der Waals surface area contributed by atoms with E-state index in [4.69, 9.17) is 9.47 Å². The van der Waals surface area contributed by atoms with Gasteiger partial charge in [0.15, 0.2) is 11.5 Å². The standard InChI is InChI=1S/C15H22N2O3/c1-3-20-13-5-4-11(10-14(13)19-2)15(18)17-12-6-8-16-9-7-12/h4-5,10,12,16H,3,6-9H2,1-2H3,(H,17,18). The number of ether oxygens (including phenoxy) is 2. The minimum Gasteiger partial charge on any atom is -0.493 e. The molecule has 0 unspecified atom stereocenters. The summed E-state index contributed by atoms with van der Waals surface area (Å²) >= 11 is 0. The van der Waals surface area contributed by atoms with Crippen LogP contribution in [0.2, 0.25) is 0 Å². The van der Waals surface area contributed by atoms with E-state index in [0.717, 1.165) is 25.9 Å². The Hall–Kier alpha value is -1.75. The monoisotopic (exact) mass is 278 g/mol. The molecule has 2 rings (SSSR count). The summed E-state index contributed by atoms with van der Waals surface area (Å²) in [5.41, 5.74) is 0.601. The van der Waals surface area contributed by atoms with Gasteiger partial charge in [0, 0.05) is 11.6 Å². The summed E-state index contributed by atoms with van der Waals surface area (Å²) in [4.78, 5) is 12.2. The Kier molecular flexibility index (Phi) is 5.24. The predicted molar refractivity (Wildman–Crippen MR) is 77.5 cm³/mol. The Labute approximate surface area is 119 Å². The Morgan fingerprint density at radius 2 is 2.10 bits per heavy atom. The normalized spacial score (nSPS) is 15.7. The summed E-state index contributed by atoms with van der Waals surface area (Å²) in [5, 5.41) is 6.34. The quantitative estimate of drug-likeness (QED) is 0.858. The number of carbonyl (C=O) groups excluding carboxylic acids is 1. The lowest BCUT2D eigenvalue weighted by molar-refractivity contribution is 0.0929. The lowest BCUT2D eigenvalue weighted by Crippen LogP contribution is -2.42. The maximum Gasteiger partial charge on any atom is 0.251 e. The van der Waals surface area contributed by atoms with E-state index >= 15 is 0 Å². The highest BCUT2D eigenvalue weighted by molar-refractivity contribution is 5.95. The summed E-state index contributed by atoms with van der Waals surface area (Å²) in [6.45, 7) is 4.39. The van der Waals surface area contributed by atoms with Gasteiger partial charge in [-0.05, 0) is 51.1 Å². The van der Waals surface area contributed by atoms with Gasteiger partial charge in [0.05, 0.1) is 13.7 Å². The van der Waals surface area contributed by atoms with Crippen molar-refractivity contribution in [3.05, 3.63) is 23.8 Å². The first-order chi connectivity index (χ1) is 9.74. The second-order valence-electron chi connectivity index (χ2n) is 4.80. The lowest BCUT2D eigenvalue weighted by atomic mass is 10.1. The number of rotatable bonds is 5. The van der Waals surface area contributed by atoms with Crippen molar-refractivity contribution >= 4 is 5.91 Å². The molecule has 5 nitrogen and oxygen atoms in total. The number of benzene rings is 1. The summed E-state index contributed by atoms with van der Waals surface area (Å²) in [6.07, 6.45) is 1.94. The average Bonchev–Trinajstić information content (AvgIpc) is 2.49. The predicted octanol–water partition coefficient (Wildman–Crippen LogP) is 1.58. The molecule has 1 fully saturated rings. The number of hydrogen-bond acceptors (Lipinski definition) is 4. The Morgan fingerprint density at radius 3 is 2.75 bits per heavy atom. The maximum absolute atomic E-state index is 12.2. The second-order valence-corrected chi connectivity index (χ2v) is 4.80. The second kappa shape index (κ2) is 7.14. The molecule has 0 spiro atoms. The van der Waals surface area contributed by atoms with E-state index in [1.807, 2.05) is 6.92 Å². The first-order valence-corrected chi connectivity index (χ1v) is 7.07. The maximum atomic E-state index is 12.2. The molecule has 1 aromatic rings. The molecule has 110 valence electrons. The highest BCUT2D eigenvalue weighted by Crippen LogP contribution is 2.28. The molecule has 1 aliphatic rings. The van der Waals surface area contributed by atoms with Gasteiger partial charge < -0.3 is 20.1 Å². The SMILES string of the molecule is CCOc1ccc(C(=O)NC2CCNCC2)cc1OC. The van der Waals surface area contributed by atoms with Crippen LogP contribution in [0.25, 0.3) is 0 Å². The zero-order valence-corrected chi connectivity index (χ0v) is 12.1. The number of nitrogens with one attached hydrogen (secondary N) is 2. The van der Waals surface area contributed by atoms with E-state index < -0.39 is 0 Å². The van der Waals surface area contributed by atoms with Gasteiger partial charge in [0.2, 0.25) is 0 Å². The fourth-order valence-electron chi connectivity index (χ4n) is 2.32. The lowest BCUT2D eigenvalue weighted by Gasteiger charge is -2.23. The minimum atomic E-state index is -0.0572. The number of amides is 1. The van der Waals surface area contributed by atoms with E-state index in [1.54, 1.807) is 25.3 Å². The van der Waals surface area contributed by atoms with Crippen LogP contribution in [0, 0.1) is 0 Å². The van der Waals surface area contributed by atoms with Crippen LogP contribution in [0.4, 0.5) is 0 Å². The van der Waals surface area contributed by atoms with Crippen LogP contribution in [-0.4, -0.2) is 38.8 Å². The van der Waals surface area contributed by atoms with E-state index in [0.29, 0.717) is 23.7 Å². The molecule has 5 heteroatoms. The Bertz CT molecular complexity index is 456. The molecule has 0 aromatic heterocycles. The topological polar surface area (TPSA) is 59.6 Å². The fourth-order valence-corrected chi connectivity index (χ4v) is 2.32. The van der Waals surface area contributed by atoms with Crippen LogP contribution in [0.15, 0.2) is 18.2 Å². The molecule has 1 aromatic carbocycles. The van der Waals surface area contributed by atoms with Gasteiger partial charge in [0.1, 0.15) is 0 Å². The van der Waals surface area contributed by atoms with Crippen LogP contribution >= 0.6 is 0 Å². The zero-order chi connectivity index (χ0) is 14.4. The van der Waals surface area contributed by atoms with Crippen molar-refractivity contribution in [2.24, 2.45) is 0 Å². The van der Waals surface area contributed by atoms with Crippen molar-refractivity contribution in [1.82, 2.24) is 10.6 Å². The van der Waals surface area contributed by atoms with Gasteiger partial charge in [-0.25, -0.2) is 0 Å². The third kappa shape index (κ3) is 3.63.